The van der Waals surface area contributed by atoms with Crippen molar-refractivity contribution in [1.29, 1.82) is 0 Å². The average molecular weight is 599 g/mol. The molecule has 5 heteroatoms. The van der Waals surface area contributed by atoms with E-state index in [1.165, 1.54) is 0 Å². The van der Waals surface area contributed by atoms with Gasteiger partial charge in [-0.05, 0) is 84.0 Å². The van der Waals surface area contributed by atoms with Crippen LogP contribution < -0.4 is 0 Å². The van der Waals surface area contributed by atoms with Gasteiger partial charge in [-0.15, -0.1) is 0 Å². The molecule has 1 aliphatic heterocycles. The first-order chi connectivity index (χ1) is 20.5. The van der Waals surface area contributed by atoms with E-state index in [0.29, 0.717) is 24.3 Å². The molecule has 4 saturated carbocycles. The van der Waals surface area contributed by atoms with Crippen LogP contribution in [0.5, 0.6) is 0 Å². The first-order valence-electron chi connectivity index (χ1n) is 16.4. The van der Waals surface area contributed by atoms with Crippen molar-refractivity contribution >= 4 is 23.1 Å². The molecule has 0 aromatic heterocycles. The minimum atomic E-state index is -1.99. The van der Waals surface area contributed by atoms with Gasteiger partial charge in [0.05, 0.1) is 17.1 Å². The van der Waals surface area contributed by atoms with E-state index < -0.39 is 56.6 Å². The maximum atomic E-state index is 15.6. The van der Waals surface area contributed by atoms with Crippen LogP contribution in [0.1, 0.15) is 105 Å². The van der Waals surface area contributed by atoms with Crippen LogP contribution in [-0.4, -0.2) is 34.8 Å². The molecule has 1 aromatic rings. The zero-order chi connectivity index (χ0) is 32.5. The minimum Gasteiger partial charge on any atom is -0.366 e. The second-order valence-electron chi connectivity index (χ2n) is 15.6. The Hall–Kier alpha value is -2.92. The summed E-state index contributed by atoms with van der Waals surface area (Å²) in [6.07, 6.45) is 10.2. The maximum Gasteiger partial charge on any atom is 0.184 e. The van der Waals surface area contributed by atoms with Gasteiger partial charge in [-0.2, -0.15) is 0 Å². The molecule has 236 valence electrons. The van der Waals surface area contributed by atoms with E-state index in [1.54, 1.807) is 24.3 Å². The Morgan fingerprint density at radius 3 is 2.25 bits per heavy atom. The van der Waals surface area contributed by atoms with Crippen molar-refractivity contribution in [3.63, 3.8) is 0 Å². The summed E-state index contributed by atoms with van der Waals surface area (Å²) in [5.74, 6) is -2.00. The molecular formula is C39H50O5. The first-order valence-corrected chi connectivity index (χ1v) is 16.4. The summed E-state index contributed by atoms with van der Waals surface area (Å²) in [7, 11) is 0. The molecule has 5 aliphatic rings. The molecule has 5 fully saturated rings. The van der Waals surface area contributed by atoms with Crippen LogP contribution in [0.15, 0.2) is 65.8 Å². The van der Waals surface area contributed by atoms with Gasteiger partial charge < -0.3 is 4.74 Å². The normalized spacial score (nSPS) is 35.4. The Morgan fingerprint density at radius 2 is 1.64 bits per heavy atom. The molecule has 6 atom stereocenters. The lowest BCUT2D eigenvalue weighted by Crippen LogP contribution is -2.77. The largest absolute Gasteiger partial charge is 0.366 e. The molecule has 4 aliphatic carbocycles. The summed E-state index contributed by atoms with van der Waals surface area (Å²) in [5.41, 5.74) is -4.51. The fraction of sp³-hybridized carbons (Fsp3) is 0.590. The predicted octanol–water partition coefficient (Wildman–Crippen LogP) is 8.09. The number of Topliss-reactive ketones (excluding diaryl/α,β-unsaturated/α-hetero) is 4. The summed E-state index contributed by atoms with van der Waals surface area (Å²) >= 11 is 0. The summed E-state index contributed by atoms with van der Waals surface area (Å²) in [6.45, 7) is 18.0. The molecule has 0 unspecified atom stereocenters. The van der Waals surface area contributed by atoms with Crippen molar-refractivity contribution in [3.8, 4) is 0 Å². The van der Waals surface area contributed by atoms with E-state index in [-0.39, 0.29) is 18.1 Å². The topological polar surface area (TPSA) is 77.5 Å². The zero-order valence-electron chi connectivity index (χ0n) is 28.1. The van der Waals surface area contributed by atoms with Crippen molar-refractivity contribution < 1.29 is 23.9 Å². The third-order valence-corrected chi connectivity index (χ3v) is 11.6. The minimum absolute atomic E-state index is 0.199. The number of rotatable bonds is 9. The van der Waals surface area contributed by atoms with E-state index in [1.807, 2.05) is 66.7 Å². The van der Waals surface area contributed by atoms with Gasteiger partial charge in [0.25, 0.3) is 0 Å². The Balaban J connectivity index is 1.77. The number of benzene rings is 1. The van der Waals surface area contributed by atoms with Gasteiger partial charge in [0, 0.05) is 11.5 Å². The molecule has 1 saturated heterocycles. The second kappa shape index (κ2) is 10.9. The van der Waals surface area contributed by atoms with Crippen LogP contribution in [0, 0.1) is 39.4 Å². The fourth-order valence-corrected chi connectivity index (χ4v) is 9.25. The number of carbonyl (C=O) groups excluding carboxylic acids is 4. The van der Waals surface area contributed by atoms with Gasteiger partial charge in [0.2, 0.25) is 0 Å². The van der Waals surface area contributed by atoms with Gasteiger partial charge in [0.15, 0.2) is 28.5 Å². The molecule has 5 nitrogen and oxygen atoms in total. The highest BCUT2D eigenvalue weighted by Crippen LogP contribution is 2.75. The molecule has 4 bridgehead atoms. The Morgan fingerprint density at radius 1 is 0.977 bits per heavy atom. The van der Waals surface area contributed by atoms with Crippen LogP contribution in [0.4, 0.5) is 0 Å². The molecular weight excluding hydrogens is 548 g/mol. The van der Waals surface area contributed by atoms with Crippen molar-refractivity contribution in [2.45, 2.75) is 106 Å². The average Bonchev–Trinajstić information content (AvgIpc) is 3.05. The lowest BCUT2D eigenvalue weighted by molar-refractivity contribution is -0.183. The number of hydrogen-bond donors (Lipinski definition) is 0. The number of ketones is 4. The smallest absolute Gasteiger partial charge is 0.184 e. The van der Waals surface area contributed by atoms with Gasteiger partial charge in [-0.3, -0.25) is 19.2 Å². The summed E-state index contributed by atoms with van der Waals surface area (Å²) < 4.78 is 6.67. The van der Waals surface area contributed by atoms with Crippen LogP contribution in [0.25, 0.3) is 0 Å². The number of ether oxygens (including phenoxy) is 1. The van der Waals surface area contributed by atoms with Gasteiger partial charge >= 0.3 is 0 Å². The summed E-state index contributed by atoms with van der Waals surface area (Å²) in [4.78, 5) is 61.2. The lowest BCUT2D eigenvalue weighted by Gasteiger charge is -2.60. The first kappa shape index (κ1) is 32.5. The van der Waals surface area contributed by atoms with Gasteiger partial charge in [-0.25, -0.2) is 0 Å². The van der Waals surface area contributed by atoms with E-state index in [2.05, 4.69) is 26.0 Å². The highest BCUT2D eigenvalue weighted by atomic mass is 16.5. The number of carbonyl (C=O) groups is 4. The molecule has 0 amide bonds. The van der Waals surface area contributed by atoms with Crippen molar-refractivity contribution in [1.82, 2.24) is 0 Å². The maximum absolute atomic E-state index is 15.6. The number of hydrogen-bond acceptors (Lipinski definition) is 5. The summed E-state index contributed by atoms with van der Waals surface area (Å²) in [5, 5.41) is 0. The standard InChI is InChI=1S/C39H50O5/c1-24(2)15-13-14-16-26(5)19-20-37-23-28-22-29-36(8,9)44-30(21-25(3)4)38(29,32(37)41)34(43)39(33(37)42,35(28,6)7)31(40)27-17-11-10-12-18-27/h10-13,15,17-19,21,24,28-30H,14,16,20,22-23H2,1-9H3/b15-13+,26-19?/t28-,29+,30+,37+,38+,39+/m1/s1. The Kier molecular flexibility index (Phi) is 8.01. The van der Waals surface area contributed by atoms with E-state index in [9.17, 15) is 4.79 Å². The van der Waals surface area contributed by atoms with E-state index in [4.69, 9.17) is 4.74 Å². The molecule has 1 heterocycles. The molecule has 1 aromatic carbocycles. The Labute approximate surface area is 263 Å². The molecule has 1 spiro atoms. The molecule has 44 heavy (non-hydrogen) atoms. The van der Waals surface area contributed by atoms with Crippen molar-refractivity contribution in [2.24, 2.45) is 39.4 Å². The quantitative estimate of drug-likeness (QED) is 0.163. The van der Waals surface area contributed by atoms with Crippen molar-refractivity contribution in [3.05, 3.63) is 71.3 Å². The van der Waals surface area contributed by atoms with Crippen LogP contribution in [-0.2, 0) is 19.1 Å². The SMILES string of the molecule is CC(C)=C[C@@H]1OC(C)(C)[C@@H]2C[C@@H]3C[C@@]4(CC=C(C)CC/C=C/C(C)C)C(=O)[C@@]12C(=O)[C@](C(=O)c1ccccc1)(C4=O)C3(C)C. The van der Waals surface area contributed by atoms with E-state index in [0.717, 1.165) is 24.0 Å². The highest BCUT2D eigenvalue weighted by Gasteiger charge is 2.87. The fourth-order valence-electron chi connectivity index (χ4n) is 9.25. The third-order valence-electron chi connectivity index (χ3n) is 11.6. The zero-order valence-corrected chi connectivity index (χ0v) is 28.1. The van der Waals surface area contributed by atoms with Crippen molar-refractivity contribution in [2.75, 3.05) is 0 Å². The second-order valence-corrected chi connectivity index (χ2v) is 15.6. The molecule has 0 radical (unpaired) electrons. The van der Waals surface area contributed by atoms with Gasteiger partial charge in [0.1, 0.15) is 5.41 Å². The van der Waals surface area contributed by atoms with Gasteiger partial charge in [-0.1, -0.05) is 93.5 Å². The molecule has 6 rings (SSSR count). The Bertz CT molecular complexity index is 1470. The third kappa shape index (κ3) is 4.28. The monoisotopic (exact) mass is 598 g/mol. The number of allylic oxidation sites excluding steroid dienone is 5. The van der Waals surface area contributed by atoms with Crippen LogP contribution >= 0.6 is 0 Å². The highest BCUT2D eigenvalue weighted by molar-refractivity contribution is 6.42. The van der Waals surface area contributed by atoms with Crippen LogP contribution in [0.2, 0.25) is 0 Å². The molecule has 0 N–H and O–H groups in total. The lowest BCUT2D eigenvalue weighted by atomic mass is 9.36. The van der Waals surface area contributed by atoms with Crippen LogP contribution in [0.3, 0.4) is 0 Å². The predicted molar refractivity (Wildman–Crippen MR) is 173 cm³/mol. The summed E-state index contributed by atoms with van der Waals surface area (Å²) in [6, 6.07) is 8.72. The van der Waals surface area contributed by atoms with E-state index >= 15 is 14.4 Å².